The number of pyridine rings is 1. The maximum atomic E-state index is 12.4. The van der Waals surface area contributed by atoms with Crippen molar-refractivity contribution in [3.05, 3.63) is 36.4 Å². The molecule has 2 aromatic heterocycles. The third-order valence-electron chi connectivity index (χ3n) is 6.17. The normalized spacial score (nSPS) is 20.1. The smallest absolute Gasteiger partial charge is 0.225 e. The van der Waals surface area contributed by atoms with Crippen molar-refractivity contribution < 1.29 is 9.53 Å². The molecule has 1 amide bonds. The minimum atomic E-state index is 0.0932. The molecule has 2 saturated heterocycles. The van der Waals surface area contributed by atoms with Gasteiger partial charge in [-0.15, -0.1) is 0 Å². The van der Waals surface area contributed by atoms with Crippen LogP contribution in [0.3, 0.4) is 0 Å². The number of amides is 1. The van der Waals surface area contributed by atoms with Crippen LogP contribution in [0.2, 0.25) is 0 Å². The van der Waals surface area contributed by atoms with Gasteiger partial charge in [0.25, 0.3) is 0 Å². The fourth-order valence-electron chi connectivity index (χ4n) is 4.42. The Morgan fingerprint density at radius 1 is 1.19 bits per heavy atom. The Labute approximate surface area is 184 Å². The summed E-state index contributed by atoms with van der Waals surface area (Å²) in [6, 6.07) is 4.21. The van der Waals surface area contributed by atoms with Crippen molar-refractivity contribution in [2.45, 2.75) is 70.4 Å². The highest BCUT2D eigenvalue weighted by molar-refractivity contribution is 5.76. The van der Waals surface area contributed by atoms with Crippen LogP contribution in [0.4, 0.5) is 5.95 Å². The second kappa shape index (κ2) is 10.2. The quantitative estimate of drug-likeness (QED) is 0.763. The molecule has 2 aliphatic rings. The van der Waals surface area contributed by atoms with E-state index in [0.717, 1.165) is 74.6 Å². The molecule has 1 atom stereocenters. The molecule has 0 radical (unpaired) electrons. The molecule has 4 heterocycles. The zero-order valence-electron chi connectivity index (χ0n) is 18.6. The average Bonchev–Trinajstić information content (AvgIpc) is 2.80. The van der Waals surface area contributed by atoms with Crippen LogP contribution in [-0.4, -0.2) is 52.7 Å². The summed E-state index contributed by atoms with van der Waals surface area (Å²) in [5.74, 6) is 1.19. The van der Waals surface area contributed by atoms with Crippen LogP contribution in [0, 0.1) is 0 Å². The maximum absolute atomic E-state index is 12.4. The lowest BCUT2D eigenvalue weighted by Crippen LogP contribution is -2.46. The van der Waals surface area contributed by atoms with E-state index < -0.39 is 0 Å². The highest BCUT2D eigenvalue weighted by Gasteiger charge is 2.25. The number of hydrogen-bond donors (Lipinski definition) is 1. The Kier molecular flexibility index (Phi) is 7.12. The van der Waals surface area contributed by atoms with E-state index in [2.05, 4.69) is 34.0 Å². The maximum Gasteiger partial charge on any atom is 0.225 e. The van der Waals surface area contributed by atoms with Crippen LogP contribution in [-0.2, 0) is 9.53 Å². The van der Waals surface area contributed by atoms with Crippen molar-refractivity contribution in [3.63, 3.8) is 0 Å². The molecule has 1 N–H and O–H groups in total. The summed E-state index contributed by atoms with van der Waals surface area (Å²) in [4.78, 5) is 28.3. The number of piperidine rings is 1. The number of nitrogens with zero attached hydrogens (tertiary/aromatic N) is 4. The Morgan fingerprint density at radius 2 is 1.97 bits per heavy atom. The number of carbonyl (C=O) groups is 1. The van der Waals surface area contributed by atoms with E-state index in [4.69, 9.17) is 9.72 Å². The molecule has 0 aliphatic carbocycles. The number of carbonyl (C=O) groups excluding carboxylic acids is 1. The zero-order valence-corrected chi connectivity index (χ0v) is 18.6. The molecular weight excluding hydrogens is 390 g/mol. The van der Waals surface area contributed by atoms with Crippen LogP contribution in [0.25, 0.3) is 11.1 Å². The van der Waals surface area contributed by atoms with Gasteiger partial charge in [-0.1, -0.05) is 13.8 Å². The summed E-state index contributed by atoms with van der Waals surface area (Å²) in [7, 11) is 0. The number of nitrogens with one attached hydrogen (secondary N) is 1. The number of anilines is 1. The molecule has 2 fully saturated rings. The largest absolute Gasteiger partial charge is 0.378 e. The van der Waals surface area contributed by atoms with Crippen LogP contribution < -0.4 is 10.2 Å². The molecule has 4 rings (SSSR count). The first kappa shape index (κ1) is 21.7. The van der Waals surface area contributed by atoms with Gasteiger partial charge < -0.3 is 15.0 Å². The summed E-state index contributed by atoms with van der Waals surface area (Å²) in [6.07, 6.45) is 11.2. The molecule has 2 aromatic rings. The van der Waals surface area contributed by atoms with Gasteiger partial charge >= 0.3 is 0 Å². The van der Waals surface area contributed by atoms with Gasteiger partial charge in [-0.25, -0.2) is 9.97 Å². The lowest BCUT2D eigenvalue weighted by atomic mass is 10.00. The van der Waals surface area contributed by atoms with Crippen LogP contribution in [0.5, 0.6) is 0 Å². The van der Waals surface area contributed by atoms with E-state index in [9.17, 15) is 4.79 Å². The Hall–Kier alpha value is -2.54. The molecule has 7 nitrogen and oxygen atoms in total. The van der Waals surface area contributed by atoms with E-state index in [1.54, 1.807) is 12.4 Å². The van der Waals surface area contributed by atoms with E-state index >= 15 is 0 Å². The van der Waals surface area contributed by atoms with Gasteiger partial charge in [0, 0.05) is 49.9 Å². The molecule has 0 saturated carbocycles. The van der Waals surface area contributed by atoms with E-state index in [1.165, 1.54) is 0 Å². The monoisotopic (exact) mass is 423 g/mol. The molecule has 0 bridgehead atoms. The third kappa shape index (κ3) is 5.58. The first-order valence-corrected chi connectivity index (χ1v) is 11.5. The Balaban J connectivity index is 1.35. The molecule has 7 heteroatoms. The van der Waals surface area contributed by atoms with Gasteiger partial charge in [-0.3, -0.25) is 9.78 Å². The highest BCUT2D eigenvalue weighted by atomic mass is 16.5. The molecule has 0 aromatic carbocycles. The van der Waals surface area contributed by atoms with E-state index in [-0.39, 0.29) is 18.1 Å². The average molecular weight is 424 g/mol. The molecule has 0 spiro atoms. The lowest BCUT2D eigenvalue weighted by molar-refractivity contribution is -0.125. The number of hydrogen-bond acceptors (Lipinski definition) is 6. The molecule has 2 aliphatic heterocycles. The lowest BCUT2D eigenvalue weighted by Gasteiger charge is -2.33. The van der Waals surface area contributed by atoms with Crippen molar-refractivity contribution in [2.75, 3.05) is 24.6 Å². The summed E-state index contributed by atoms with van der Waals surface area (Å²) in [6.45, 7) is 6.80. The summed E-state index contributed by atoms with van der Waals surface area (Å²) in [5.41, 5.74) is 3.21. The summed E-state index contributed by atoms with van der Waals surface area (Å²) >= 11 is 0. The fraction of sp³-hybridized carbons (Fsp3) is 0.583. The van der Waals surface area contributed by atoms with Gasteiger partial charge in [0.2, 0.25) is 11.9 Å². The minimum Gasteiger partial charge on any atom is -0.378 e. The summed E-state index contributed by atoms with van der Waals surface area (Å²) < 4.78 is 5.70. The van der Waals surface area contributed by atoms with Gasteiger partial charge in [-0.05, 0) is 55.7 Å². The molecule has 0 unspecified atom stereocenters. The van der Waals surface area contributed by atoms with Gasteiger partial charge in [0.1, 0.15) is 0 Å². The van der Waals surface area contributed by atoms with Crippen molar-refractivity contribution >= 4 is 11.9 Å². The molecular formula is C24H33N5O2. The molecule has 166 valence electrons. The summed E-state index contributed by atoms with van der Waals surface area (Å²) in [5, 5.41) is 3.21. The highest BCUT2D eigenvalue weighted by Crippen LogP contribution is 2.29. The topological polar surface area (TPSA) is 80.2 Å². The van der Waals surface area contributed by atoms with Crippen LogP contribution in [0.1, 0.15) is 64.0 Å². The SMILES string of the molecule is CC(C)c1nc(N2CCC(NC(=O)C[C@@H]3CCCCO3)CC2)ncc1-c1ccncc1. The number of ether oxygens (including phenoxy) is 1. The fourth-order valence-corrected chi connectivity index (χ4v) is 4.42. The second-order valence-electron chi connectivity index (χ2n) is 8.88. The Bertz CT molecular complexity index is 860. The molecule has 31 heavy (non-hydrogen) atoms. The predicted molar refractivity (Wildman–Crippen MR) is 121 cm³/mol. The zero-order chi connectivity index (χ0) is 21.6. The number of aromatic nitrogens is 3. The van der Waals surface area contributed by atoms with Gasteiger partial charge in [-0.2, -0.15) is 0 Å². The second-order valence-corrected chi connectivity index (χ2v) is 8.88. The first-order chi connectivity index (χ1) is 15.1. The van der Waals surface area contributed by atoms with Crippen LogP contribution in [0.15, 0.2) is 30.7 Å². The van der Waals surface area contributed by atoms with Crippen molar-refractivity contribution in [1.82, 2.24) is 20.3 Å². The van der Waals surface area contributed by atoms with Crippen LogP contribution >= 0.6 is 0 Å². The van der Waals surface area contributed by atoms with E-state index in [1.807, 2.05) is 18.3 Å². The van der Waals surface area contributed by atoms with Crippen molar-refractivity contribution in [3.8, 4) is 11.1 Å². The third-order valence-corrected chi connectivity index (χ3v) is 6.17. The number of rotatable bonds is 6. The standard InChI is InChI=1S/C24H33N5O2/c1-17(2)23-21(18-6-10-25-11-7-18)16-26-24(28-23)29-12-8-19(9-13-29)27-22(30)15-20-5-3-4-14-31-20/h6-7,10-11,16-17,19-20H,3-5,8-9,12-15H2,1-2H3,(H,27,30)/t20-/m0/s1. The Morgan fingerprint density at radius 3 is 2.65 bits per heavy atom. The van der Waals surface area contributed by atoms with Gasteiger partial charge in [0.15, 0.2) is 0 Å². The van der Waals surface area contributed by atoms with Crippen molar-refractivity contribution in [1.29, 1.82) is 0 Å². The minimum absolute atomic E-state index is 0.0932. The van der Waals surface area contributed by atoms with Crippen molar-refractivity contribution in [2.24, 2.45) is 0 Å². The van der Waals surface area contributed by atoms with E-state index in [0.29, 0.717) is 12.3 Å². The predicted octanol–water partition coefficient (Wildman–Crippen LogP) is 3.71. The first-order valence-electron chi connectivity index (χ1n) is 11.5. The van der Waals surface area contributed by atoms with Gasteiger partial charge in [0.05, 0.1) is 18.2 Å².